The third-order valence-corrected chi connectivity index (χ3v) is 2.48. The number of halogens is 3. The Morgan fingerprint density at radius 1 is 1.28 bits per heavy atom. The van der Waals surface area contributed by atoms with Gasteiger partial charge in [0.05, 0.1) is 23.5 Å². The first-order chi connectivity index (χ1) is 8.41. The van der Waals surface area contributed by atoms with Gasteiger partial charge in [0.15, 0.2) is 0 Å². The zero-order valence-electron chi connectivity index (χ0n) is 9.36. The number of aryl methyl sites for hydroxylation is 1. The van der Waals surface area contributed by atoms with Gasteiger partial charge in [0.25, 0.3) is 0 Å². The molecule has 0 radical (unpaired) electrons. The van der Waals surface area contributed by atoms with Gasteiger partial charge < -0.3 is 4.57 Å². The Labute approximate surface area is 101 Å². The van der Waals surface area contributed by atoms with Gasteiger partial charge in [-0.2, -0.15) is 18.4 Å². The molecule has 1 aromatic carbocycles. The molecular weight excluding hydrogens is 243 g/mol. The van der Waals surface area contributed by atoms with Crippen LogP contribution >= 0.6 is 0 Å². The molecule has 2 aromatic rings. The molecule has 0 fully saturated rings. The molecule has 0 N–H and O–H groups in total. The van der Waals surface area contributed by atoms with Crippen molar-refractivity contribution >= 4 is 0 Å². The minimum atomic E-state index is -4.48. The number of rotatable bonds is 1. The standard InChI is InChI=1S/C12H8F3N3/c1-8-6-17-7-18(8)11-3-9(5-16)2-10(4-11)12(13,14)15/h2-4,6-7H,1H3. The number of aromatic nitrogens is 2. The van der Waals surface area contributed by atoms with E-state index in [4.69, 9.17) is 5.26 Å². The van der Waals surface area contributed by atoms with E-state index in [1.54, 1.807) is 13.0 Å². The Balaban J connectivity index is 2.63. The molecule has 18 heavy (non-hydrogen) atoms. The highest BCUT2D eigenvalue weighted by Crippen LogP contribution is 2.31. The van der Waals surface area contributed by atoms with Crippen molar-refractivity contribution < 1.29 is 13.2 Å². The second kappa shape index (κ2) is 4.18. The van der Waals surface area contributed by atoms with Gasteiger partial charge in [-0.25, -0.2) is 4.98 Å². The quantitative estimate of drug-likeness (QED) is 0.781. The molecule has 0 aliphatic rings. The maximum Gasteiger partial charge on any atom is 0.416 e. The summed E-state index contributed by atoms with van der Waals surface area (Å²) in [4.78, 5) is 3.84. The molecule has 0 spiro atoms. The van der Waals surface area contributed by atoms with E-state index in [0.717, 1.165) is 12.1 Å². The van der Waals surface area contributed by atoms with Crippen LogP contribution in [-0.2, 0) is 6.18 Å². The Kier molecular flexibility index (Phi) is 2.83. The molecule has 0 unspecified atom stereocenters. The molecule has 0 saturated carbocycles. The molecule has 1 aromatic heterocycles. The van der Waals surface area contributed by atoms with Crippen LogP contribution < -0.4 is 0 Å². The molecule has 92 valence electrons. The third kappa shape index (κ3) is 2.20. The Morgan fingerprint density at radius 3 is 2.50 bits per heavy atom. The monoisotopic (exact) mass is 251 g/mol. The lowest BCUT2D eigenvalue weighted by atomic mass is 10.1. The lowest BCUT2D eigenvalue weighted by Crippen LogP contribution is -2.07. The lowest BCUT2D eigenvalue weighted by Gasteiger charge is -2.11. The Hall–Kier alpha value is -2.29. The molecule has 3 nitrogen and oxygen atoms in total. The van der Waals surface area contributed by atoms with Crippen LogP contribution in [-0.4, -0.2) is 9.55 Å². The van der Waals surface area contributed by atoms with Gasteiger partial charge in [0.1, 0.15) is 0 Å². The summed E-state index contributed by atoms with van der Waals surface area (Å²) in [5.74, 6) is 0. The van der Waals surface area contributed by atoms with Crippen molar-refractivity contribution in [3.63, 3.8) is 0 Å². The van der Waals surface area contributed by atoms with Crippen LogP contribution in [0.25, 0.3) is 5.69 Å². The van der Waals surface area contributed by atoms with Crippen LogP contribution in [0.2, 0.25) is 0 Å². The zero-order valence-corrected chi connectivity index (χ0v) is 9.36. The second-order valence-electron chi connectivity index (χ2n) is 3.78. The van der Waals surface area contributed by atoms with Crippen LogP contribution in [0.5, 0.6) is 0 Å². The molecule has 1 heterocycles. The van der Waals surface area contributed by atoms with Gasteiger partial charge in [-0.15, -0.1) is 0 Å². The van der Waals surface area contributed by atoms with E-state index >= 15 is 0 Å². The number of alkyl halides is 3. The third-order valence-electron chi connectivity index (χ3n) is 2.48. The van der Waals surface area contributed by atoms with E-state index in [-0.39, 0.29) is 11.3 Å². The molecule has 0 bridgehead atoms. The van der Waals surface area contributed by atoms with Gasteiger partial charge >= 0.3 is 6.18 Å². The average Bonchev–Trinajstić information content (AvgIpc) is 2.73. The Morgan fingerprint density at radius 2 is 2.00 bits per heavy atom. The summed E-state index contributed by atoms with van der Waals surface area (Å²) in [6, 6.07) is 4.94. The van der Waals surface area contributed by atoms with E-state index in [2.05, 4.69) is 4.98 Å². The summed E-state index contributed by atoms with van der Waals surface area (Å²) >= 11 is 0. The number of imidazole rings is 1. The summed E-state index contributed by atoms with van der Waals surface area (Å²) in [7, 11) is 0. The predicted molar refractivity (Wildman–Crippen MR) is 58.0 cm³/mol. The van der Waals surface area contributed by atoms with Crippen LogP contribution in [0.4, 0.5) is 13.2 Å². The van der Waals surface area contributed by atoms with Crippen molar-refractivity contribution in [3.05, 3.63) is 47.5 Å². The first-order valence-corrected chi connectivity index (χ1v) is 5.03. The van der Waals surface area contributed by atoms with E-state index in [0.29, 0.717) is 5.69 Å². The first kappa shape index (κ1) is 12.2. The molecule has 0 aliphatic carbocycles. The summed E-state index contributed by atoms with van der Waals surface area (Å²) < 4.78 is 39.6. The van der Waals surface area contributed by atoms with Gasteiger partial charge in [-0.1, -0.05) is 0 Å². The van der Waals surface area contributed by atoms with E-state index in [1.807, 2.05) is 0 Å². The number of benzene rings is 1. The summed E-state index contributed by atoms with van der Waals surface area (Å²) in [6.45, 7) is 1.72. The normalized spacial score (nSPS) is 11.3. The van der Waals surface area contributed by atoms with Crippen molar-refractivity contribution in [2.45, 2.75) is 13.1 Å². The first-order valence-electron chi connectivity index (χ1n) is 5.03. The van der Waals surface area contributed by atoms with Crippen molar-refractivity contribution in [1.82, 2.24) is 9.55 Å². The van der Waals surface area contributed by atoms with Gasteiger partial charge in [0, 0.05) is 17.6 Å². The number of hydrogen-bond donors (Lipinski definition) is 0. The fourth-order valence-electron chi connectivity index (χ4n) is 1.61. The molecule has 0 aliphatic heterocycles. The van der Waals surface area contributed by atoms with Gasteiger partial charge in [0.2, 0.25) is 0 Å². The lowest BCUT2D eigenvalue weighted by molar-refractivity contribution is -0.137. The summed E-state index contributed by atoms with van der Waals surface area (Å²) in [6.07, 6.45) is -1.53. The minimum Gasteiger partial charge on any atom is -0.304 e. The summed E-state index contributed by atoms with van der Waals surface area (Å²) in [5, 5.41) is 8.78. The Bertz CT molecular complexity index is 620. The van der Waals surface area contributed by atoms with Crippen molar-refractivity contribution in [2.75, 3.05) is 0 Å². The van der Waals surface area contributed by atoms with Gasteiger partial charge in [-0.05, 0) is 25.1 Å². The molecule has 6 heteroatoms. The van der Waals surface area contributed by atoms with Crippen LogP contribution in [0, 0.1) is 18.3 Å². The highest BCUT2D eigenvalue weighted by molar-refractivity contribution is 5.46. The van der Waals surface area contributed by atoms with Gasteiger partial charge in [-0.3, -0.25) is 0 Å². The average molecular weight is 251 g/mol. The van der Waals surface area contributed by atoms with E-state index in [9.17, 15) is 13.2 Å². The number of nitriles is 1. The summed E-state index contributed by atoms with van der Waals surface area (Å²) in [5.41, 5.74) is 0.0900. The van der Waals surface area contributed by atoms with Crippen molar-refractivity contribution in [3.8, 4) is 11.8 Å². The molecule has 0 saturated heterocycles. The SMILES string of the molecule is Cc1cncn1-c1cc(C#N)cc(C(F)(F)F)c1. The fourth-order valence-corrected chi connectivity index (χ4v) is 1.61. The molecule has 0 amide bonds. The maximum atomic E-state index is 12.7. The highest BCUT2D eigenvalue weighted by Gasteiger charge is 2.31. The number of hydrogen-bond acceptors (Lipinski definition) is 2. The predicted octanol–water partition coefficient (Wildman–Crippen LogP) is 3.07. The zero-order chi connectivity index (χ0) is 13.3. The smallest absolute Gasteiger partial charge is 0.304 e. The molecule has 2 rings (SSSR count). The van der Waals surface area contributed by atoms with Crippen LogP contribution in [0.1, 0.15) is 16.8 Å². The van der Waals surface area contributed by atoms with E-state index in [1.165, 1.54) is 23.2 Å². The maximum absolute atomic E-state index is 12.7. The highest BCUT2D eigenvalue weighted by atomic mass is 19.4. The topological polar surface area (TPSA) is 41.6 Å². The van der Waals surface area contributed by atoms with E-state index < -0.39 is 11.7 Å². The molecule has 0 atom stereocenters. The number of nitrogens with zero attached hydrogens (tertiary/aromatic N) is 3. The van der Waals surface area contributed by atoms with Crippen molar-refractivity contribution in [2.24, 2.45) is 0 Å². The molecular formula is C12H8F3N3. The van der Waals surface area contributed by atoms with Crippen LogP contribution in [0.15, 0.2) is 30.7 Å². The fraction of sp³-hybridized carbons (Fsp3) is 0.167. The largest absolute Gasteiger partial charge is 0.416 e. The van der Waals surface area contributed by atoms with Crippen LogP contribution in [0.3, 0.4) is 0 Å². The second-order valence-corrected chi connectivity index (χ2v) is 3.78. The van der Waals surface area contributed by atoms with Crippen molar-refractivity contribution in [1.29, 1.82) is 5.26 Å². The minimum absolute atomic E-state index is 0.0343.